The number of ether oxygens (including phenoxy) is 2. The highest BCUT2D eigenvalue weighted by molar-refractivity contribution is 5.69. The molecule has 0 radical (unpaired) electrons. The molecule has 1 saturated heterocycles. The first-order valence-electron chi connectivity index (χ1n) is 10.2. The van der Waals surface area contributed by atoms with Gasteiger partial charge in [0.15, 0.2) is 7.52 Å². The van der Waals surface area contributed by atoms with Crippen molar-refractivity contribution < 1.29 is 30.8 Å². The summed E-state index contributed by atoms with van der Waals surface area (Å²) in [6, 6.07) is -3.13. The fraction of sp³-hybridized carbons (Fsp3) is 0.417. The summed E-state index contributed by atoms with van der Waals surface area (Å²) in [6.07, 6.45) is -2.82. The maximum atomic E-state index is 11.3. The molecule has 1 atom stereocenters. The molecule has 0 aliphatic carbocycles. The number of carbonyl (C=O) groups is 1. The number of cyclic esters (lactones) is 1. The molecule has 0 spiro atoms. The third-order valence-corrected chi connectivity index (χ3v) is 1.65. The van der Waals surface area contributed by atoms with E-state index in [9.17, 15) is 4.79 Å². The molecule has 1 unspecified atom stereocenters. The molecule has 4 heteroatoms. The number of alkyl carbamates (subject to hydrolysis) is 1. The second kappa shape index (κ2) is 4.43. The molecule has 86 valence electrons. The number of rotatable bonds is 3. The molecule has 1 aliphatic rings. The van der Waals surface area contributed by atoms with Crippen molar-refractivity contribution in [2.75, 3.05) is 13.1 Å². The number of benzene rings is 1. The summed E-state index contributed by atoms with van der Waals surface area (Å²) >= 11 is 0. The molecular weight excluding hydrogens is 206 g/mol. The van der Waals surface area contributed by atoms with Gasteiger partial charge in [0, 0.05) is 8.22 Å². The summed E-state index contributed by atoms with van der Waals surface area (Å²) in [4.78, 5) is 11.3. The van der Waals surface area contributed by atoms with Crippen LogP contribution in [0.15, 0.2) is 18.1 Å². The van der Waals surface area contributed by atoms with E-state index < -0.39 is 74.0 Å². The first-order valence-corrected chi connectivity index (χ1v) is 4.29. The number of amides is 1. The number of nitrogens with one attached hydrogen (secondary N) is 1. The number of hydrogen-bond donors (Lipinski definition) is 1. The van der Waals surface area contributed by atoms with Crippen molar-refractivity contribution in [2.45, 2.75) is 19.8 Å². The van der Waals surface area contributed by atoms with E-state index in [-0.39, 0.29) is 0 Å². The average molecular weight is 233 g/mol. The van der Waals surface area contributed by atoms with Crippen LogP contribution < -0.4 is 10.0 Å². The molecule has 0 bridgehead atoms. The minimum absolute atomic E-state index is 0.309. The van der Waals surface area contributed by atoms with E-state index >= 15 is 0 Å². The topological polar surface area (TPSA) is 47.6 Å². The predicted molar refractivity (Wildman–Crippen MR) is 59.7 cm³/mol. The fourth-order valence-corrected chi connectivity index (χ4v) is 1.04. The van der Waals surface area contributed by atoms with Gasteiger partial charge in [0.2, 0.25) is 0 Å². The standard InChI is InChI=1S/C12H15NO3/c1-8-3-9(2)5-10(4-8)15-7-11-6-13-12(14)16-11/h3-5,11H,6-7H2,1-2H3,(H,13,14)/i1D3,2D3,3D,4D,5D,7D2/hD. The second-order valence-corrected chi connectivity index (χ2v) is 2.89. The normalized spacial score (nSPS) is 33.1. The lowest BCUT2D eigenvalue weighted by Crippen LogP contribution is -2.21. The van der Waals surface area contributed by atoms with Crippen LogP contribution in [0.1, 0.15) is 26.2 Å². The molecule has 0 saturated carbocycles. The maximum absolute atomic E-state index is 11.3. The van der Waals surface area contributed by atoms with Gasteiger partial charge >= 0.3 is 6.09 Å². The molecule has 1 amide bonds. The molecule has 1 aliphatic heterocycles. The van der Waals surface area contributed by atoms with Crippen molar-refractivity contribution in [3.05, 3.63) is 29.3 Å². The highest BCUT2D eigenvalue weighted by atomic mass is 16.6. The molecule has 1 aromatic rings. The van der Waals surface area contributed by atoms with Crippen LogP contribution in [-0.2, 0) is 4.74 Å². The van der Waals surface area contributed by atoms with Crippen LogP contribution in [0.3, 0.4) is 0 Å². The van der Waals surface area contributed by atoms with Crippen molar-refractivity contribution in [3.63, 3.8) is 0 Å². The summed E-state index contributed by atoms with van der Waals surface area (Å²) in [7, 11) is 0. The van der Waals surface area contributed by atoms with Crippen LogP contribution in [-0.4, -0.2) is 25.3 Å². The summed E-state index contributed by atoms with van der Waals surface area (Å²) in [5, 5.41) is 0.309. The average Bonchev–Trinajstić information content (AvgIpc) is 2.81. The van der Waals surface area contributed by atoms with Gasteiger partial charge in [-0.15, -0.1) is 0 Å². The highest BCUT2D eigenvalue weighted by Crippen LogP contribution is 2.16. The summed E-state index contributed by atoms with van der Waals surface area (Å²) in [5.74, 6) is -1.02. The molecule has 1 fully saturated rings. The Morgan fingerprint density at radius 1 is 1.69 bits per heavy atom. The molecule has 4 nitrogen and oxygen atoms in total. The van der Waals surface area contributed by atoms with Gasteiger partial charge in [-0.1, -0.05) is 6.04 Å². The largest absolute Gasteiger partial charge is 0.490 e. The molecule has 2 rings (SSSR count). The summed E-state index contributed by atoms with van der Waals surface area (Å²) in [6.45, 7) is -9.69. The predicted octanol–water partition coefficient (Wildman–Crippen LogP) is 1.79. The van der Waals surface area contributed by atoms with Gasteiger partial charge in [0.25, 0.3) is 0 Å². The van der Waals surface area contributed by atoms with Crippen LogP contribution in [0.2, 0.25) is 1.41 Å². The maximum Gasteiger partial charge on any atom is 0.407 e. The van der Waals surface area contributed by atoms with Crippen LogP contribution in [0.25, 0.3) is 0 Å². The minimum atomic E-state index is -3.11. The van der Waals surface area contributed by atoms with E-state index in [0.29, 0.717) is 5.31 Å². The van der Waals surface area contributed by atoms with Crippen molar-refractivity contribution in [2.24, 2.45) is 0 Å². The Labute approximate surface area is 111 Å². The van der Waals surface area contributed by atoms with Crippen LogP contribution in [0.5, 0.6) is 5.75 Å². The fourth-order valence-electron chi connectivity index (χ4n) is 1.04. The van der Waals surface area contributed by atoms with E-state index in [1.807, 2.05) is 0 Å². The zero-order valence-corrected chi connectivity index (χ0v) is 7.96. The quantitative estimate of drug-likeness (QED) is 0.866. The van der Waals surface area contributed by atoms with Crippen LogP contribution in [0.4, 0.5) is 4.79 Å². The lowest BCUT2D eigenvalue weighted by molar-refractivity contribution is 0.105. The summed E-state index contributed by atoms with van der Waals surface area (Å²) < 4.78 is 101. The van der Waals surface area contributed by atoms with Crippen molar-refractivity contribution in [3.8, 4) is 5.75 Å². The van der Waals surface area contributed by atoms with E-state index in [4.69, 9.17) is 21.2 Å². The SMILES string of the molecule is [2H]c1c(OC([2H])([2H])C2CN([2H])C(=O)O2)c([2H])c(C([2H])([2H])[2H])c([2H])c1C([2H])([2H])[2H]. The Morgan fingerprint density at radius 3 is 3.00 bits per heavy atom. The van der Waals surface area contributed by atoms with Gasteiger partial charge in [0.1, 0.15) is 12.3 Å². The van der Waals surface area contributed by atoms with E-state index in [1.54, 1.807) is 0 Å². The van der Waals surface area contributed by atoms with Gasteiger partial charge < -0.3 is 14.8 Å². The van der Waals surface area contributed by atoms with Gasteiger partial charge in [-0.2, -0.15) is 0 Å². The second-order valence-electron chi connectivity index (χ2n) is 2.89. The molecule has 1 aromatic carbocycles. The van der Waals surface area contributed by atoms with E-state index in [0.717, 1.165) is 0 Å². The highest BCUT2D eigenvalue weighted by Gasteiger charge is 2.22. The molecule has 0 aromatic heterocycles. The Bertz CT molecular complexity index is 762. The molecule has 16 heavy (non-hydrogen) atoms. The zero-order chi connectivity index (χ0) is 21.8. The third kappa shape index (κ3) is 2.66. The zero-order valence-electron chi connectivity index (χ0n) is 20.0. The smallest absolute Gasteiger partial charge is 0.407 e. The van der Waals surface area contributed by atoms with Crippen LogP contribution in [0, 0.1) is 13.7 Å². The monoisotopic (exact) mass is 233 g/mol. The number of carbonyl (C=O) groups excluding carboxylic acids is 1. The van der Waals surface area contributed by atoms with Gasteiger partial charge in [-0.3, -0.25) is 0 Å². The molecule has 1 N–H and O–H groups in total. The minimum Gasteiger partial charge on any atom is -0.490 e. The Hall–Kier alpha value is -1.71. The van der Waals surface area contributed by atoms with Gasteiger partial charge in [-0.25, -0.2) is 4.79 Å². The Morgan fingerprint density at radius 2 is 2.44 bits per heavy atom. The van der Waals surface area contributed by atoms with E-state index in [1.165, 1.54) is 0 Å². The van der Waals surface area contributed by atoms with E-state index in [2.05, 4.69) is 4.74 Å². The van der Waals surface area contributed by atoms with Gasteiger partial charge in [-0.05, 0) is 36.9 Å². The van der Waals surface area contributed by atoms with Crippen molar-refractivity contribution >= 4 is 6.09 Å². The summed E-state index contributed by atoms with van der Waals surface area (Å²) in [5.41, 5.74) is -2.02. The Kier molecular flexibility index (Phi) is 0.938. The van der Waals surface area contributed by atoms with Crippen LogP contribution >= 0.6 is 0 Å². The Balaban J connectivity index is 2.65. The lowest BCUT2D eigenvalue weighted by atomic mass is 10.1. The van der Waals surface area contributed by atoms with Crippen molar-refractivity contribution in [1.82, 2.24) is 5.31 Å². The van der Waals surface area contributed by atoms with Gasteiger partial charge in [0.05, 0.1) is 13.4 Å². The lowest BCUT2D eigenvalue weighted by Gasteiger charge is -2.11. The van der Waals surface area contributed by atoms with Crippen molar-refractivity contribution in [1.29, 1.82) is 0 Å². The number of hydrogen-bond acceptors (Lipinski definition) is 3. The first kappa shape index (κ1) is 3.39. The third-order valence-electron chi connectivity index (χ3n) is 1.65. The first-order chi connectivity index (χ1) is 12.5. The molecular formula is C12H15NO3. The molecule has 1 heterocycles.